The van der Waals surface area contributed by atoms with Gasteiger partial charge in [0.2, 0.25) is 0 Å². The van der Waals surface area contributed by atoms with Crippen LogP contribution in [0.1, 0.15) is 5.56 Å². The van der Waals surface area contributed by atoms with Gasteiger partial charge in [0.15, 0.2) is 11.5 Å². The number of aromatic hydroxyl groups is 1. The Labute approximate surface area is 117 Å². The van der Waals surface area contributed by atoms with Gasteiger partial charge in [0.25, 0.3) is 0 Å². The molecule has 0 atom stereocenters. The number of phenols is 1. The van der Waals surface area contributed by atoms with Crippen LogP contribution in [0.25, 0.3) is 10.9 Å². The van der Waals surface area contributed by atoms with Gasteiger partial charge in [-0.3, -0.25) is 0 Å². The highest BCUT2D eigenvalue weighted by Gasteiger charge is 2.04. The van der Waals surface area contributed by atoms with Crippen LogP contribution in [0, 0.1) is 0 Å². The monoisotopic (exact) mass is 268 g/mol. The van der Waals surface area contributed by atoms with Gasteiger partial charge >= 0.3 is 0 Å². The number of hydrogen-bond acceptors (Lipinski definition) is 3. The number of methoxy groups -OCH3 is 1. The molecule has 2 aromatic carbocycles. The zero-order valence-corrected chi connectivity index (χ0v) is 11.2. The SMILES string of the molecule is COc1ccc(NCc2cccc3[nH]ccc23)cc1O. The Kier molecular flexibility index (Phi) is 3.21. The van der Waals surface area contributed by atoms with Crippen LogP contribution in [0.3, 0.4) is 0 Å². The summed E-state index contributed by atoms with van der Waals surface area (Å²) in [6.07, 6.45) is 1.94. The Bertz CT molecular complexity index is 734. The largest absolute Gasteiger partial charge is 0.504 e. The van der Waals surface area contributed by atoms with E-state index in [1.54, 1.807) is 12.1 Å². The molecule has 3 aromatic rings. The van der Waals surface area contributed by atoms with Crippen LogP contribution >= 0.6 is 0 Å². The minimum absolute atomic E-state index is 0.136. The second kappa shape index (κ2) is 5.17. The van der Waals surface area contributed by atoms with Gasteiger partial charge in [-0.2, -0.15) is 0 Å². The molecule has 3 N–H and O–H groups in total. The number of H-pyrrole nitrogens is 1. The van der Waals surface area contributed by atoms with E-state index in [1.807, 2.05) is 18.3 Å². The maximum atomic E-state index is 9.76. The molecular formula is C16H16N2O2. The number of ether oxygens (including phenoxy) is 1. The van der Waals surface area contributed by atoms with Crippen molar-refractivity contribution in [3.8, 4) is 11.5 Å². The Hall–Kier alpha value is -2.62. The van der Waals surface area contributed by atoms with Crippen molar-refractivity contribution in [1.82, 2.24) is 4.98 Å². The van der Waals surface area contributed by atoms with Crippen LogP contribution in [0.4, 0.5) is 5.69 Å². The smallest absolute Gasteiger partial charge is 0.160 e. The fraction of sp³-hybridized carbons (Fsp3) is 0.125. The van der Waals surface area contributed by atoms with Gasteiger partial charge in [-0.25, -0.2) is 0 Å². The standard InChI is InChI=1S/C16H16N2O2/c1-20-16-6-5-12(9-15(16)19)18-10-11-3-2-4-14-13(11)7-8-17-14/h2-9,17-19H,10H2,1H3. The summed E-state index contributed by atoms with van der Waals surface area (Å²) in [5.74, 6) is 0.612. The molecule has 1 aromatic heterocycles. The number of anilines is 1. The number of aromatic nitrogens is 1. The van der Waals surface area contributed by atoms with Gasteiger partial charge in [-0.1, -0.05) is 12.1 Å². The van der Waals surface area contributed by atoms with Crippen molar-refractivity contribution in [2.24, 2.45) is 0 Å². The van der Waals surface area contributed by atoms with Crippen molar-refractivity contribution in [3.05, 3.63) is 54.2 Å². The molecule has 0 saturated heterocycles. The van der Waals surface area contributed by atoms with Crippen LogP contribution in [0.5, 0.6) is 11.5 Å². The summed E-state index contributed by atoms with van der Waals surface area (Å²) in [6.45, 7) is 0.695. The third kappa shape index (κ3) is 2.28. The van der Waals surface area contributed by atoms with Crippen LogP contribution in [0.2, 0.25) is 0 Å². The Morgan fingerprint density at radius 3 is 2.90 bits per heavy atom. The first-order valence-electron chi connectivity index (χ1n) is 6.44. The number of nitrogens with one attached hydrogen (secondary N) is 2. The van der Waals surface area contributed by atoms with Crippen LogP contribution in [-0.4, -0.2) is 17.2 Å². The average molecular weight is 268 g/mol. The zero-order chi connectivity index (χ0) is 13.9. The molecule has 102 valence electrons. The zero-order valence-electron chi connectivity index (χ0n) is 11.2. The molecule has 0 aliphatic rings. The van der Waals surface area contributed by atoms with Crippen molar-refractivity contribution in [1.29, 1.82) is 0 Å². The van der Waals surface area contributed by atoms with Crippen molar-refractivity contribution in [2.45, 2.75) is 6.54 Å². The molecule has 0 aliphatic carbocycles. The Balaban J connectivity index is 1.79. The molecule has 4 nitrogen and oxygen atoms in total. The highest BCUT2D eigenvalue weighted by molar-refractivity contribution is 5.83. The lowest BCUT2D eigenvalue weighted by molar-refractivity contribution is 0.373. The number of rotatable bonds is 4. The van der Waals surface area contributed by atoms with Gasteiger partial charge in [-0.15, -0.1) is 0 Å². The summed E-state index contributed by atoms with van der Waals surface area (Å²) < 4.78 is 5.03. The lowest BCUT2D eigenvalue weighted by Gasteiger charge is -2.10. The molecule has 0 aliphatic heterocycles. The molecule has 0 radical (unpaired) electrons. The molecule has 0 bridgehead atoms. The second-order valence-electron chi connectivity index (χ2n) is 4.60. The molecule has 20 heavy (non-hydrogen) atoms. The van der Waals surface area contributed by atoms with E-state index in [2.05, 4.69) is 28.5 Å². The molecule has 0 spiro atoms. The summed E-state index contributed by atoms with van der Waals surface area (Å²) in [4.78, 5) is 3.20. The lowest BCUT2D eigenvalue weighted by Crippen LogP contribution is -1.99. The Morgan fingerprint density at radius 2 is 2.10 bits per heavy atom. The lowest BCUT2D eigenvalue weighted by atomic mass is 10.1. The molecule has 0 fully saturated rings. The van der Waals surface area contributed by atoms with Crippen molar-refractivity contribution in [3.63, 3.8) is 0 Å². The summed E-state index contributed by atoms with van der Waals surface area (Å²) in [5, 5.41) is 14.3. The number of fused-ring (bicyclic) bond motifs is 1. The summed E-state index contributed by atoms with van der Waals surface area (Å²) >= 11 is 0. The van der Waals surface area contributed by atoms with Gasteiger partial charge < -0.3 is 20.1 Å². The normalized spacial score (nSPS) is 10.7. The maximum Gasteiger partial charge on any atom is 0.160 e. The molecule has 0 amide bonds. The molecule has 4 heteroatoms. The molecule has 0 saturated carbocycles. The number of phenolic OH excluding ortho intramolecular Hbond substituents is 1. The minimum atomic E-state index is 0.136. The quantitative estimate of drug-likeness (QED) is 0.679. The number of hydrogen-bond donors (Lipinski definition) is 3. The highest BCUT2D eigenvalue weighted by Crippen LogP contribution is 2.29. The van der Waals surface area contributed by atoms with E-state index in [-0.39, 0.29) is 5.75 Å². The minimum Gasteiger partial charge on any atom is -0.504 e. The van der Waals surface area contributed by atoms with Crippen molar-refractivity contribution in [2.75, 3.05) is 12.4 Å². The fourth-order valence-corrected chi connectivity index (χ4v) is 2.30. The maximum absolute atomic E-state index is 9.76. The van der Waals surface area contributed by atoms with E-state index in [9.17, 15) is 5.11 Å². The fourth-order valence-electron chi connectivity index (χ4n) is 2.30. The van der Waals surface area contributed by atoms with Gasteiger partial charge in [0.05, 0.1) is 7.11 Å². The predicted molar refractivity (Wildman–Crippen MR) is 80.3 cm³/mol. The predicted octanol–water partition coefficient (Wildman–Crippen LogP) is 3.49. The summed E-state index contributed by atoms with van der Waals surface area (Å²) in [5.41, 5.74) is 3.19. The van der Waals surface area contributed by atoms with Gasteiger partial charge in [0.1, 0.15) is 0 Å². The van der Waals surface area contributed by atoms with E-state index in [0.717, 1.165) is 11.2 Å². The van der Waals surface area contributed by atoms with E-state index >= 15 is 0 Å². The average Bonchev–Trinajstić information content (AvgIpc) is 2.94. The van der Waals surface area contributed by atoms with Crippen molar-refractivity contribution < 1.29 is 9.84 Å². The summed E-state index contributed by atoms with van der Waals surface area (Å²) in [7, 11) is 1.54. The van der Waals surface area contributed by atoms with Crippen LogP contribution < -0.4 is 10.1 Å². The number of benzene rings is 2. The van der Waals surface area contributed by atoms with Crippen LogP contribution in [-0.2, 0) is 6.54 Å². The molecular weight excluding hydrogens is 252 g/mol. The highest BCUT2D eigenvalue weighted by atomic mass is 16.5. The second-order valence-corrected chi connectivity index (χ2v) is 4.60. The first kappa shape index (κ1) is 12.4. The van der Waals surface area contributed by atoms with E-state index in [4.69, 9.17) is 4.74 Å². The topological polar surface area (TPSA) is 57.3 Å². The van der Waals surface area contributed by atoms with E-state index in [0.29, 0.717) is 12.3 Å². The van der Waals surface area contributed by atoms with Gasteiger partial charge in [0, 0.05) is 35.4 Å². The van der Waals surface area contributed by atoms with Crippen molar-refractivity contribution >= 4 is 16.6 Å². The first-order chi connectivity index (χ1) is 9.78. The first-order valence-corrected chi connectivity index (χ1v) is 6.44. The third-order valence-corrected chi connectivity index (χ3v) is 3.35. The number of aromatic amines is 1. The molecule has 3 rings (SSSR count). The van der Waals surface area contributed by atoms with E-state index in [1.165, 1.54) is 18.1 Å². The third-order valence-electron chi connectivity index (χ3n) is 3.35. The molecule has 1 heterocycles. The van der Waals surface area contributed by atoms with Crippen LogP contribution in [0.15, 0.2) is 48.7 Å². The van der Waals surface area contributed by atoms with E-state index < -0.39 is 0 Å². The Morgan fingerprint density at radius 1 is 1.20 bits per heavy atom. The summed E-state index contributed by atoms with van der Waals surface area (Å²) in [6, 6.07) is 13.5. The van der Waals surface area contributed by atoms with Gasteiger partial charge in [-0.05, 0) is 29.8 Å². The molecule has 0 unspecified atom stereocenters.